The third-order valence-corrected chi connectivity index (χ3v) is 4.41. The van der Waals surface area contributed by atoms with Crippen LogP contribution in [0.2, 0.25) is 0 Å². The highest BCUT2D eigenvalue weighted by Crippen LogP contribution is 2.24. The molecule has 0 spiro atoms. The minimum absolute atomic E-state index is 0.878. The zero-order chi connectivity index (χ0) is 12.9. The van der Waals surface area contributed by atoms with Crippen molar-refractivity contribution in [1.29, 1.82) is 0 Å². The van der Waals surface area contributed by atoms with Gasteiger partial charge in [0.05, 0.1) is 23.4 Å². The van der Waals surface area contributed by atoms with Crippen molar-refractivity contribution < 1.29 is 4.42 Å². The summed E-state index contributed by atoms with van der Waals surface area (Å²) in [5, 5.41) is 3.08. The van der Waals surface area contributed by atoms with Crippen LogP contribution in [0.3, 0.4) is 0 Å². The molecule has 0 radical (unpaired) electrons. The molecule has 3 heterocycles. The SMILES string of the molecule is c1ccc(-c2nc(CSCc3ccco3)cs2)nc1. The number of thiazole rings is 1. The molecule has 3 aromatic rings. The second-order valence-corrected chi connectivity index (χ2v) is 5.77. The molecule has 3 aromatic heterocycles. The Kier molecular flexibility index (Phi) is 3.95. The summed E-state index contributed by atoms with van der Waals surface area (Å²) in [5.74, 6) is 2.78. The lowest BCUT2D eigenvalue weighted by molar-refractivity contribution is 0.530. The van der Waals surface area contributed by atoms with Crippen LogP contribution in [-0.2, 0) is 11.5 Å². The van der Waals surface area contributed by atoms with Crippen molar-refractivity contribution in [3.8, 4) is 10.7 Å². The van der Waals surface area contributed by atoms with Crippen LogP contribution in [0.4, 0.5) is 0 Å². The Morgan fingerprint density at radius 3 is 2.95 bits per heavy atom. The van der Waals surface area contributed by atoms with Gasteiger partial charge in [-0.25, -0.2) is 4.98 Å². The van der Waals surface area contributed by atoms with E-state index in [1.807, 2.05) is 30.3 Å². The lowest BCUT2D eigenvalue weighted by atomic mass is 10.4. The topological polar surface area (TPSA) is 38.9 Å². The van der Waals surface area contributed by atoms with Crippen LogP contribution in [0.1, 0.15) is 11.5 Å². The van der Waals surface area contributed by atoms with E-state index in [1.54, 1.807) is 35.6 Å². The first-order valence-corrected chi connectivity index (χ1v) is 7.91. The molecule has 0 aliphatic heterocycles. The van der Waals surface area contributed by atoms with E-state index in [0.717, 1.165) is 33.7 Å². The van der Waals surface area contributed by atoms with Crippen LogP contribution in [0.5, 0.6) is 0 Å². The van der Waals surface area contributed by atoms with Gasteiger partial charge in [-0.05, 0) is 24.3 Å². The van der Waals surface area contributed by atoms with Crippen LogP contribution in [0.25, 0.3) is 10.7 Å². The summed E-state index contributed by atoms with van der Waals surface area (Å²) in [6.45, 7) is 0. The number of aromatic nitrogens is 2. The summed E-state index contributed by atoms with van der Waals surface area (Å²) in [6, 6.07) is 9.79. The largest absolute Gasteiger partial charge is 0.468 e. The quantitative estimate of drug-likeness (QED) is 0.704. The number of hydrogen-bond acceptors (Lipinski definition) is 5. The van der Waals surface area contributed by atoms with E-state index in [-0.39, 0.29) is 0 Å². The van der Waals surface area contributed by atoms with E-state index in [9.17, 15) is 0 Å². The first-order chi connectivity index (χ1) is 9.42. The summed E-state index contributed by atoms with van der Waals surface area (Å²) in [5.41, 5.74) is 2.04. The first kappa shape index (κ1) is 12.4. The van der Waals surface area contributed by atoms with Gasteiger partial charge < -0.3 is 4.42 Å². The standard InChI is InChI=1S/C14H12N2OS2/c1-2-6-15-13(5-1)14-16-11(9-19-14)8-18-10-12-4-3-7-17-12/h1-7,9H,8,10H2. The van der Waals surface area contributed by atoms with Crippen molar-refractivity contribution in [1.82, 2.24) is 9.97 Å². The Balaban J connectivity index is 1.59. The number of pyridine rings is 1. The van der Waals surface area contributed by atoms with Crippen LogP contribution in [0, 0.1) is 0 Å². The summed E-state index contributed by atoms with van der Waals surface area (Å²) < 4.78 is 5.30. The fourth-order valence-corrected chi connectivity index (χ4v) is 3.36. The van der Waals surface area contributed by atoms with Crippen LogP contribution in [0.15, 0.2) is 52.6 Å². The molecule has 3 nitrogen and oxygen atoms in total. The predicted molar refractivity (Wildman–Crippen MR) is 79.1 cm³/mol. The van der Waals surface area contributed by atoms with E-state index in [2.05, 4.69) is 15.3 Å². The third-order valence-electron chi connectivity index (χ3n) is 2.51. The molecule has 0 aliphatic carbocycles. The van der Waals surface area contributed by atoms with Gasteiger partial charge in [0, 0.05) is 17.3 Å². The number of furan rings is 1. The average Bonchev–Trinajstić information content (AvgIpc) is 3.11. The van der Waals surface area contributed by atoms with E-state index in [0.29, 0.717) is 0 Å². The molecule has 0 aromatic carbocycles. The highest BCUT2D eigenvalue weighted by molar-refractivity contribution is 7.97. The maximum atomic E-state index is 5.30. The molecule has 0 aliphatic rings. The minimum Gasteiger partial charge on any atom is -0.468 e. The zero-order valence-electron chi connectivity index (χ0n) is 10.2. The highest BCUT2D eigenvalue weighted by atomic mass is 32.2. The Morgan fingerprint density at radius 1 is 1.16 bits per heavy atom. The Labute approximate surface area is 119 Å². The van der Waals surface area contributed by atoms with E-state index in [4.69, 9.17) is 4.42 Å². The molecule has 0 saturated carbocycles. The van der Waals surface area contributed by atoms with Gasteiger partial charge in [-0.1, -0.05) is 6.07 Å². The van der Waals surface area contributed by atoms with Crippen LogP contribution < -0.4 is 0 Å². The van der Waals surface area contributed by atoms with Gasteiger partial charge in [0.25, 0.3) is 0 Å². The monoisotopic (exact) mass is 288 g/mol. The second kappa shape index (κ2) is 6.04. The number of hydrogen-bond donors (Lipinski definition) is 0. The minimum atomic E-state index is 0.878. The smallest absolute Gasteiger partial charge is 0.142 e. The summed E-state index contributed by atoms with van der Waals surface area (Å²) in [6.07, 6.45) is 3.50. The summed E-state index contributed by atoms with van der Waals surface area (Å²) in [7, 11) is 0. The normalized spacial score (nSPS) is 10.7. The van der Waals surface area contributed by atoms with Gasteiger partial charge in [-0.3, -0.25) is 4.98 Å². The van der Waals surface area contributed by atoms with Crippen molar-refractivity contribution in [2.75, 3.05) is 0 Å². The van der Waals surface area contributed by atoms with E-state index in [1.165, 1.54) is 0 Å². The lowest BCUT2D eigenvalue weighted by Gasteiger charge is -1.96. The molecule has 0 unspecified atom stereocenters. The molecule has 0 fully saturated rings. The molecule has 0 N–H and O–H groups in total. The molecule has 0 saturated heterocycles. The fraction of sp³-hybridized carbons (Fsp3) is 0.143. The van der Waals surface area contributed by atoms with Crippen molar-refractivity contribution in [3.63, 3.8) is 0 Å². The summed E-state index contributed by atoms with van der Waals surface area (Å²) in [4.78, 5) is 8.91. The molecule has 5 heteroatoms. The Bertz CT molecular complexity index is 620. The number of rotatable bonds is 5. The van der Waals surface area contributed by atoms with Gasteiger partial charge in [0.1, 0.15) is 10.8 Å². The van der Waals surface area contributed by atoms with Gasteiger partial charge in [-0.2, -0.15) is 0 Å². The number of thioether (sulfide) groups is 1. The van der Waals surface area contributed by atoms with Crippen LogP contribution in [-0.4, -0.2) is 9.97 Å². The number of nitrogens with zero attached hydrogens (tertiary/aromatic N) is 2. The molecular formula is C14H12N2OS2. The second-order valence-electron chi connectivity index (χ2n) is 3.93. The van der Waals surface area contributed by atoms with Gasteiger partial charge in [0.2, 0.25) is 0 Å². The van der Waals surface area contributed by atoms with Gasteiger partial charge in [0.15, 0.2) is 0 Å². The summed E-state index contributed by atoms with van der Waals surface area (Å²) >= 11 is 3.44. The molecule has 0 amide bonds. The molecular weight excluding hydrogens is 276 g/mol. The molecule has 96 valence electrons. The third kappa shape index (κ3) is 3.24. The lowest BCUT2D eigenvalue weighted by Crippen LogP contribution is -1.84. The Hall–Kier alpha value is -1.59. The molecule has 3 rings (SSSR count). The van der Waals surface area contributed by atoms with Crippen molar-refractivity contribution in [3.05, 3.63) is 59.6 Å². The van der Waals surface area contributed by atoms with Crippen molar-refractivity contribution in [2.45, 2.75) is 11.5 Å². The molecule has 0 bridgehead atoms. The Morgan fingerprint density at radius 2 is 2.16 bits per heavy atom. The molecule has 0 atom stereocenters. The van der Waals surface area contributed by atoms with Crippen molar-refractivity contribution in [2.24, 2.45) is 0 Å². The molecule has 19 heavy (non-hydrogen) atoms. The predicted octanol–water partition coefficient (Wildman–Crippen LogP) is 4.23. The highest BCUT2D eigenvalue weighted by Gasteiger charge is 2.06. The van der Waals surface area contributed by atoms with Crippen molar-refractivity contribution >= 4 is 23.1 Å². The van der Waals surface area contributed by atoms with E-state index >= 15 is 0 Å². The van der Waals surface area contributed by atoms with Crippen LogP contribution >= 0.6 is 23.1 Å². The zero-order valence-corrected chi connectivity index (χ0v) is 11.8. The maximum absolute atomic E-state index is 5.30. The van der Waals surface area contributed by atoms with E-state index < -0.39 is 0 Å². The van der Waals surface area contributed by atoms with Gasteiger partial charge >= 0.3 is 0 Å². The fourth-order valence-electron chi connectivity index (χ4n) is 1.63. The van der Waals surface area contributed by atoms with Gasteiger partial charge in [-0.15, -0.1) is 23.1 Å². The maximum Gasteiger partial charge on any atom is 0.142 e. The first-order valence-electron chi connectivity index (χ1n) is 5.88. The average molecular weight is 288 g/mol.